The molecule has 0 radical (unpaired) electrons. The minimum Gasteiger partial charge on any atom is -0.343 e. The van der Waals surface area contributed by atoms with Crippen LogP contribution in [-0.2, 0) is 4.79 Å². The average Bonchev–Trinajstić information content (AvgIpc) is 2.29. The molecule has 3 heteroatoms. The van der Waals surface area contributed by atoms with Crippen LogP contribution in [0.5, 0.6) is 0 Å². The van der Waals surface area contributed by atoms with Gasteiger partial charge in [-0.05, 0) is 33.7 Å². The largest absolute Gasteiger partial charge is 0.343 e. The van der Waals surface area contributed by atoms with Crippen molar-refractivity contribution in [3.8, 4) is 0 Å². The normalized spacial score (nSPS) is 19.8. The molecule has 0 bridgehead atoms. The first-order valence-corrected chi connectivity index (χ1v) is 6.45. The fraction of sp³-hybridized carbons (Fsp3) is 0.923. The number of hydrogen-bond donors (Lipinski definition) is 1. The summed E-state index contributed by atoms with van der Waals surface area (Å²) in [4.78, 5) is 14.0. The van der Waals surface area contributed by atoms with Crippen LogP contribution in [0, 0.1) is 0 Å². The monoisotopic (exact) mass is 226 g/mol. The van der Waals surface area contributed by atoms with Gasteiger partial charge in [0.15, 0.2) is 0 Å². The predicted octanol–water partition coefficient (Wildman–Crippen LogP) is 2.17. The molecular weight excluding hydrogens is 200 g/mol. The van der Waals surface area contributed by atoms with Gasteiger partial charge in [-0.15, -0.1) is 0 Å². The van der Waals surface area contributed by atoms with E-state index in [0.717, 1.165) is 12.8 Å². The number of carbonyl (C=O) groups is 1. The Kier molecular flexibility index (Phi) is 4.78. The van der Waals surface area contributed by atoms with E-state index in [9.17, 15) is 4.79 Å². The molecule has 1 amide bonds. The molecule has 1 rings (SSSR count). The molecule has 0 heterocycles. The van der Waals surface area contributed by atoms with Gasteiger partial charge in [-0.25, -0.2) is 0 Å². The van der Waals surface area contributed by atoms with Crippen molar-refractivity contribution in [3.63, 3.8) is 0 Å². The molecule has 0 aliphatic heterocycles. The van der Waals surface area contributed by atoms with Gasteiger partial charge in [-0.1, -0.05) is 19.3 Å². The van der Waals surface area contributed by atoms with Gasteiger partial charge in [0, 0.05) is 25.0 Å². The second kappa shape index (κ2) is 5.67. The van der Waals surface area contributed by atoms with Gasteiger partial charge in [-0.2, -0.15) is 0 Å². The molecule has 1 fully saturated rings. The van der Waals surface area contributed by atoms with E-state index < -0.39 is 0 Å². The highest BCUT2D eigenvalue weighted by molar-refractivity contribution is 5.77. The van der Waals surface area contributed by atoms with Gasteiger partial charge >= 0.3 is 0 Å². The Hall–Kier alpha value is -0.570. The van der Waals surface area contributed by atoms with Crippen LogP contribution in [0.25, 0.3) is 0 Å². The molecule has 0 unspecified atom stereocenters. The zero-order valence-corrected chi connectivity index (χ0v) is 11.2. The van der Waals surface area contributed by atoms with E-state index in [0.29, 0.717) is 12.5 Å². The van der Waals surface area contributed by atoms with Gasteiger partial charge in [0.05, 0.1) is 0 Å². The minimum absolute atomic E-state index is 0.0679. The van der Waals surface area contributed by atoms with Crippen molar-refractivity contribution in [3.05, 3.63) is 0 Å². The lowest BCUT2D eigenvalue weighted by atomic mass is 9.79. The second-order valence-electron chi connectivity index (χ2n) is 5.37. The predicted molar refractivity (Wildman–Crippen MR) is 67.4 cm³/mol. The molecule has 0 atom stereocenters. The smallest absolute Gasteiger partial charge is 0.224 e. The van der Waals surface area contributed by atoms with Crippen molar-refractivity contribution in [1.82, 2.24) is 10.2 Å². The minimum atomic E-state index is 0.0679. The molecule has 1 aliphatic rings. The van der Waals surface area contributed by atoms with Crippen LogP contribution in [-0.4, -0.2) is 36.5 Å². The lowest BCUT2D eigenvalue weighted by Gasteiger charge is -2.38. The Labute approximate surface area is 99.6 Å². The van der Waals surface area contributed by atoms with E-state index in [1.807, 2.05) is 19.0 Å². The van der Waals surface area contributed by atoms with E-state index in [1.54, 1.807) is 0 Å². The zero-order chi connectivity index (χ0) is 12.2. The fourth-order valence-corrected chi connectivity index (χ4v) is 2.45. The SMILES string of the molecule is CNC1(CC(=O)N(C)C(C)C)CCCCC1. The highest BCUT2D eigenvalue weighted by Crippen LogP contribution is 2.31. The summed E-state index contributed by atoms with van der Waals surface area (Å²) in [6, 6.07) is 0.296. The lowest BCUT2D eigenvalue weighted by Crippen LogP contribution is -2.49. The molecular formula is C13H26N2O. The van der Waals surface area contributed by atoms with E-state index >= 15 is 0 Å². The van der Waals surface area contributed by atoms with Crippen molar-refractivity contribution in [2.24, 2.45) is 0 Å². The maximum atomic E-state index is 12.1. The molecule has 0 aromatic rings. The van der Waals surface area contributed by atoms with Gasteiger partial charge < -0.3 is 10.2 Å². The Morgan fingerprint density at radius 2 is 1.88 bits per heavy atom. The summed E-state index contributed by atoms with van der Waals surface area (Å²) >= 11 is 0. The van der Waals surface area contributed by atoms with E-state index in [2.05, 4.69) is 19.2 Å². The summed E-state index contributed by atoms with van der Waals surface area (Å²) in [6.45, 7) is 4.12. The average molecular weight is 226 g/mol. The van der Waals surface area contributed by atoms with E-state index in [1.165, 1.54) is 19.3 Å². The molecule has 1 aliphatic carbocycles. The maximum absolute atomic E-state index is 12.1. The molecule has 1 saturated carbocycles. The Morgan fingerprint density at radius 1 is 1.31 bits per heavy atom. The number of nitrogens with zero attached hydrogens (tertiary/aromatic N) is 1. The Balaban J connectivity index is 2.58. The topological polar surface area (TPSA) is 32.3 Å². The quantitative estimate of drug-likeness (QED) is 0.797. The summed E-state index contributed by atoms with van der Waals surface area (Å²) in [7, 11) is 3.90. The van der Waals surface area contributed by atoms with E-state index in [-0.39, 0.29) is 11.4 Å². The molecule has 16 heavy (non-hydrogen) atoms. The van der Waals surface area contributed by atoms with Crippen molar-refractivity contribution in [2.45, 2.75) is 64.0 Å². The fourth-order valence-electron chi connectivity index (χ4n) is 2.45. The van der Waals surface area contributed by atoms with Crippen LogP contribution in [0.15, 0.2) is 0 Å². The van der Waals surface area contributed by atoms with Crippen LogP contribution in [0.3, 0.4) is 0 Å². The number of nitrogens with one attached hydrogen (secondary N) is 1. The van der Waals surface area contributed by atoms with Crippen molar-refractivity contribution < 1.29 is 4.79 Å². The summed E-state index contributed by atoms with van der Waals surface area (Å²) in [5, 5.41) is 3.39. The third-order valence-corrected chi connectivity index (χ3v) is 4.00. The summed E-state index contributed by atoms with van der Waals surface area (Å²) in [5.41, 5.74) is 0.0679. The van der Waals surface area contributed by atoms with Gasteiger partial charge in [0.25, 0.3) is 0 Å². The molecule has 0 aromatic heterocycles. The molecule has 0 aromatic carbocycles. The maximum Gasteiger partial charge on any atom is 0.224 e. The third kappa shape index (κ3) is 3.21. The van der Waals surface area contributed by atoms with Crippen molar-refractivity contribution in [2.75, 3.05) is 14.1 Å². The highest BCUT2D eigenvalue weighted by atomic mass is 16.2. The van der Waals surface area contributed by atoms with Crippen molar-refractivity contribution >= 4 is 5.91 Å². The summed E-state index contributed by atoms with van der Waals surface area (Å²) < 4.78 is 0. The Morgan fingerprint density at radius 3 is 2.31 bits per heavy atom. The summed E-state index contributed by atoms with van der Waals surface area (Å²) in [6.07, 6.45) is 6.75. The third-order valence-electron chi connectivity index (χ3n) is 4.00. The Bertz CT molecular complexity index is 232. The molecule has 0 spiro atoms. The number of hydrogen-bond acceptors (Lipinski definition) is 2. The lowest BCUT2D eigenvalue weighted by molar-refractivity contribution is -0.133. The number of amides is 1. The molecule has 94 valence electrons. The standard InChI is InChI=1S/C13H26N2O/c1-11(2)15(4)12(16)10-13(14-3)8-6-5-7-9-13/h11,14H,5-10H2,1-4H3. The molecule has 0 saturated heterocycles. The number of rotatable bonds is 4. The van der Waals surface area contributed by atoms with Gasteiger partial charge in [0.1, 0.15) is 0 Å². The van der Waals surface area contributed by atoms with Crippen LogP contribution in [0.1, 0.15) is 52.4 Å². The van der Waals surface area contributed by atoms with Crippen LogP contribution >= 0.6 is 0 Å². The van der Waals surface area contributed by atoms with Crippen molar-refractivity contribution in [1.29, 1.82) is 0 Å². The van der Waals surface area contributed by atoms with E-state index in [4.69, 9.17) is 0 Å². The first-order chi connectivity index (χ1) is 7.51. The van der Waals surface area contributed by atoms with Gasteiger partial charge in [0.2, 0.25) is 5.91 Å². The molecule has 3 nitrogen and oxygen atoms in total. The first kappa shape index (κ1) is 13.5. The van der Waals surface area contributed by atoms with Gasteiger partial charge in [-0.3, -0.25) is 4.79 Å². The highest BCUT2D eigenvalue weighted by Gasteiger charge is 2.33. The number of carbonyl (C=O) groups excluding carboxylic acids is 1. The van der Waals surface area contributed by atoms with Crippen LogP contribution in [0.2, 0.25) is 0 Å². The zero-order valence-electron chi connectivity index (χ0n) is 11.2. The molecule has 1 N–H and O–H groups in total. The second-order valence-corrected chi connectivity index (χ2v) is 5.37. The first-order valence-electron chi connectivity index (χ1n) is 6.45. The van der Waals surface area contributed by atoms with Crippen LogP contribution in [0.4, 0.5) is 0 Å². The van der Waals surface area contributed by atoms with Crippen LogP contribution < -0.4 is 5.32 Å². The summed E-state index contributed by atoms with van der Waals surface area (Å²) in [5.74, 6) is 0.270.